The maximum absolute atomic E-state index is 10.7. The summed E-state index contributed by atoms with van der Waals surface area (Å²) >= 11 is 0. The molecular formula is C6H7N3O6S. The summed E-state index contributed by atoms with van der Waals surface area (Å²) < 4.78 is 30.0. The number of hydrogen-bond donors (Lipinski definition) is 2. The summed E-state index contributed by atoms with van der Waals surface area (Å²) in [7, 11) is -4.30. The van der Waals surface area contributed by atoms with Gasteiger partial charge in [0.2, 0.25) is 0 Å². The van der Waals surface area contributed by atoms with Crippen molar-refractivity contribution in [2.24, 2.45) is 5.84 Å². The highest BCUT2D eigenvalue weighted by atomic mass is 32.2. The highest BCUT2D eigenvalue weighted by Crippen LogP contribution is 2.15. The van der Waals surface area contributed by atoms with Gasteiger partial charge in [-0.05, 0) is 24.3 Å². The van der Waals surface area contributed by atoms with Crippen LogP contribution in [0, 0.1) is 10.1 Å². The Kier molecular flexibility index (Phi) is 3.27. The minimum absolute atomic E-state index is 0.0455. The van der Waals surface area contributed by atoms with Crippen molar-refractivity contribution >= 4 is 15.8 Å². The molecule has 0 radical (unpaired) electrons. The molecule has 0 bridgehead atoms. The van der Waals surface area contributed by atoms with Crippen molar-refractivity contribution in [1.82, 2.24) is 0 Å². The van der Waals surface area contributed by atoms with E-state index in [4.69, 9.17) is 10.4 Å². The molecule has 1 rings (SSSR count). The fourth-order valence-corrected chi connectivity index (χ4v) is 1.36. The molecule has 10 heteroatoms. The molecule has 0 aliphatic carbocycles. The van der Waals surface area contributed by atoms with Crippen molar-refractivity contribution in [3.8, 4) is 0 Å². The van der Waals surface area contributed by atoms with Crippen LogP contribution in [-0.4, -0.2) is 18.1 Å². The van der Waals surface area contributed by atoms with Crippen LogP contribution in [0.4, 0.5) is 5.69 Å². The number of anilines is 1. The molecule has 0 aliphatic rings. The molecule has 3 N–H and O–H groups in total. The molecule has 16 heavy (non-hydrogen) atoms. The van der Waals surface area contributed by atoms with Crippen molar-refractivity contribution in [2.75, 3.05) is 5.17 Å². The van der Waals surface area contributed by atoms with Gasteiger partial charge in [-0.15, -0.1) is 15.3 Å². The largest absolute Gasteiger partial charge is 0.318 e. The summed E-state index contributed by atoms with van der Waals surface area (Å²) in [6.07, 6.45) is 0. The number of nitrogens with two attached hydrogens (primary N) is 1. The lowest BCUT2D eigenvalue weighted by atomic mass is 10.3. The summed E-state index contributed by atoms with van der Waals surface area (Å²) in [6.45, 7) is 0. The average Bonchev–Trinajstić information content (AvgIpc) is 2.15. The third kappa shape index (κ3) is 3.05. The lowest BCUT2D eigenvalue weighted by molar-refractivity contribution is -0.762. The highest BCUT2D eigenvalue weighted by Gasteiger charge is 2.11. The standard InChI is InChI=1S/C6H7N3O6S/c7-8(15-9(10)11)5-1-3-6(4-2-5)16(12,13)14/h1-4H,7H2,(H,12,13,14). The van der Waals surface area contributed by atoms with Gasteiger partial charge in [-0.3, -0.25) is 4.55 Å². The molecule has 0 atom stereocenters. The number of hydrogen-bond acceptors (Lipinski definition) is 7. The number of hydrazine groups is 1. The van der Waals surface area contributed by atoms with E-state index in [9.17, 15) is 18.5 Å². The van der Waals surface area contributed by atoms with E-state index in [1.165, 1.54) is 0 Å². The number of benzene rings is 1. The molecular weight excluding hydrogens is 242 g/mol. The Morgan fingerprint density at radius 2 is 1.88 bits per heavy atom. The Labute approximate surface area is 89.8 Å². The molecule has 1 aromatic carbocycles. The molecule has 1 aromatic rings. The predicted octanol–water partition coefficient (Wildman–Crippen LogP) is -0.263. The van der Waals surface area contributed by atoms with E-state index in [1.807, 2.05) is 0 Å². The molecule has 0 aliphatic heterocycles. The SMILES string of the molecule is NN(O[N+](=O)[O-])c1ccc(S(=O)(=O)O)cc1. The third-order valence-corrected chi connectivity index (χ3v) is 2.41. The summed E-state index contributed by atoms with van der Waals surface area (Å²) in [6, 6.07) is 4.31. The van der Waals surface area contributed by atoms with Crippen LogP contribution in [-0.2, 0) is 15.1 Å². The van der Waals surface area contributed by atoms with E-state index in [2.05, 4.69) is 4.94 Å². The van der Waals surface area contributed by atoms with Crippen LogP contribution in [0.3, 0.4) is 0 Å². The molecule has 0 aromatic heterocycles. The molecule has 0 saturated heterocycles. The molecule has 0 saturated carbocycles. The van der Waals surface area contributed by atoms with Gasteiger partial charge in [-0.1, -0.05) is 0 Å². The van der Waals surface area contributed by atoms with Gasteiger partial charge < -0.3 is 0 Å². The fraction of sp³-hybridized carbons (Fsp3) is 0. The van der Waals surface area contributed by atoms with Crippen molar-refractivity contribution in [2.45, 2.75) is 4.90 Å². The molecule has 9 nitrogen and oxygen atoms in total. The van der Waals surface area contributed by atoms with Crippen LogP contribution in [0.25, 0.3) is 0 Å². The van der Waals surface area contributed by atoms with Crippen LogP contribution in [0.2, 0.25) is 0 Å². The summed E-state index contributed by atoms with van der Waals surface area (Å²) in [5.74, 6) is 5.11. The van der Waals surface area contributed by atoms with E-state index < -0.39 is 15.2 Å². The van der Waals surface area contributed by atoms with Gasteiger partial charge in [0, 0.05) is 0 Å². The molecule has 88 valence electrons. The van der Waals surface area contributed by atoms with E-state index in [-0.39, 0.29) is 10.6 Å². The normalized spacial score (nSPS) is 10.9. The number of nitrogens with zero attached hydrogens (tertiary/aromatic N) is 2. The first-order chi connectivity index (χ1) is 7.30. The van der Waals surface area contributed by atoms with Crippen molar-refractivity contribution < 1.29 is 23.0 Å². The Hall–Kier alpha value is -1.91. The monoisotopic (exact) mass is 249 g/mol. The minimum atomic E-state index is -4.30. The molecule has 0 unspecified atom stereocenters. The summed E-state index contributed by atoms with van der Waals surface area (Å²) in [5.41, 5.74) is 0.0455. The van der Waals surface area contributed by atoms with Gasteiger partial charge in [-0.25, -0.2) is 5.84 Å². The Morgan fingerprint density at radius 1 is 1.38 bits per heavy atom. The van der Waals surface area contributed by atoms with Gasteiger partial charge in [0.1, 0.15) is 0 Å². The predicted molar refractivity (Wildman–Crippen MR) is 51.0 cm³/mol. The maximum atomic E-state index is 10.7. The van der Waals surface area contributed by atoms with E-state index in [0.717, 1.165) is 24.3 Å². The molecule has 0 spiro atoms. The quantitative estimate of drug-likeness (QED) is 0.322. The van der Waals surface area contributed by atoms with Crippen LogP contribution in [0.15, 0.2) is 29.2 Å². The van der Waals surface area contributed by atoms with Gasteiger partial charge in [0.05, 0.1) is 10.6 Å². The van der Waals surface area contributed by atoms with Gasteiger partial charge in [0.25, 0.3) is 10.1 Å². The molecule has 0 amide bonds. The first-order valence-electron chi connectivity index (χ1n) is 3.75. The van der Waals surface area contributed by atoms with Crippen molar-refractivity contribution in [1.29, 1.82) is 0 Å². The van der Waals surface area contributed by atoms with Gasteiger partial charge >= 0.3 is 5.09 Å². The Balaban J connectivity index is 2.91. The lowest BCUT2D eigenvalue weighted by Crippen LogP contribution is -2.33. The Morgan fingerprint density at radius 3 is 2.25 bits per heavy atom. The second-order valence-electron chi connectivity index (χ2n) is 2.60. The van der Waals surface area contributed by atoms with Crippen LogP contribution in [0.5, 0.6) is 0 Å². The van der Waals surface area contributed by atoms with Gasteiger partial charge in [0.15, 0.2) is 0 Å². The third-order valence-electron chi connectivity index (χ3n) is 1.54. The van der Waals surface area contributed by atoms with Crippen LogP contribution < -0.4 is 11.0 Å². The second-order valence-corrected chi connectivity index (χ2v) is 4.02. The highest BCUT2D eigenvalue weighted by molar-refractivity contribution is 7.85. The first kappa shape index (κ1) is 12.2. The Bertz CT molecular complexity index is 483. The van der Waals surface area contributed by atoms with Crippen LogP contribution in [0.1, 0.15) is 0 Å². The zero-order valence-electron chi connectivity index (χ0n) is 7.68. The zero-order chi connectivity index (χ0) is 12.3. The zero-order valence-corrected chi connectivity index (χ0v) is 8.49. The minimum Gasteiger partial charge on any atom is -0.282 e. The lowest BCUT2D eigenvalue weighted by Gasteiger charge is -2.13. The number of rotatable bonds is 4. The maximum Gasteiger partial charge on any atom is 0.318 e. The van der Waals surface area contributed by atoms with Crippen LogP contribution >= 0.6 is 0 Å². The van der Waals surface area contributed by atoms with Crippen molar-refractivity contribution in [3.63, 3.8) is 0 Å². The summed E-state index contributed by atoms with van der Waals surface area (Å²) in [5, 5.41) is 9.15. The fourth-order valence-electron chi connectivity index (χ4n) is 0.884. The van der Waals surface area contributed by atoms with Crippen molar-refractivity contribution in [3.05, 3.63) is 34.4 Å². The first-order valence-corrected chi connectivity index (χ1v) is 5.19. The van der Waals surface area contributed by atoms with E-state index >= 15 is 0 Å². The average molecular weight is 249 g/mol. The molecule has 0 heterocycles. The van der Waals surface area contributed by atoms with Gasteiger partial charge in [-0.2, -0.15) is 13.4 Å². The second kappa shape index (κ2) is 4.30. The topological polar surface area (TPSA) is 136 Å². The van der Waals surface area contributed by atoms with E-state index in [1.54, 1.807) is 0 Å². The molecule has 0 fully saturated rings. The summed E-state index contributed by atoms with van der Waals surface area (Å²) in [4.78, 5) is 13.5. The van der Waals surface area contributed by atoms with E-state index in [0.29, 0.717) is 5.17 Å². The smallest absolute Gasteiger partial charge is 0.282 e.